The van der Waals surface area contributed by atoms with Gasteiger partial charge in [0.05, 0.1) is 24.4 Å². The van der Waals surface area contributed by atoms with Gasteiger partial charge in [-0.25, -0.2) is 22.0 Å². The SMILES string of the molecule is Cc1c(CC(=O)NCc2ccc(F)cc2F)c(=O)[nH]c2cc(-c3cc(F)c4cc(CC(=O)N[C@@H](C)c5ccc(F)cc5F)c(=O)[nH]c4c3)ccc12. The molecule has 0 saturated carbocycles. The number of pyridine rings is 2. The van der Waals surface area contributed by atoms with Crippen molar-refractivity contribution in [3.05, 3.63) is 150 Å². The normalized spacial score (nSPS) is 11.9. The Hall–Kier alpha value is -6.11. The van der Waals surface area contributed by atoms with E-state index < -0.39 is 64.5 Å². The zero-order valence-corrected chi connectivity index (χ0v) is 27.1. The van der Waals surface area contributed by atoms with Crippen LogP contribution in [0.3, 0.4) is 0 Å². The molecule has 2 aromatic heterocycles. The van der Waals surface area contributed by atoms with Gasteiger partial charge in [0.1, 0.15) is 29.1 Å². The average Bonchev–Trinajstić information content (AvgIpc) is 3.06. The van der Waals surface area contributed by atoms with E-state index in [9.17, 15) is 36.7 Å². The van der Waals surface area contributed by atoms with Crippen molar-refractivity contribution in [2.45, 2.75) is 39.3 Å². The second kappa shape index (κ2) is 14.0. The molecule has 0 aliphatic rings. The van der Waals surface area contributed by atoms with Crippen molar-refractivity contribution in [2.24, 2.45) is 0 Å². The predicted octanol–water partition coefficient (Wildman–Crippen LogP) is 6.32. The van der Waals surface area contributed by atoms with Crippen molar-refractivity contribution >= 4 is 33.6 Å². The van der Waals surface area contributed by atoms with Crippen LogP contribution in [0.5, 0.6) is 0 Å². The number of carbonyl (C=O) groups excluding carboxylic acids is 2. The van der Waals surface area contributed by atoms with Gasteiger partial charge in [0, 0.05) is 57.2 Å². The van der Waals surface area contributed by atoms with Crippen LogP contribution in [0, 0.1) is 36.0 Å². The molecule has 13 heteroatoms. The summed E-state index contributed by atoms with van der Waals surface area (Å²) in [6.45, 7) is 2.99. The van der Waals surface area contributed by atoms with Crippen molar-refractivity contribution in [3.8, 4) is 11.1 Å². The lowest BCUT2D eigenvalue weighted by Crippen LogP contribution is -2.30. The minimum atomic E-state index is -0.832. The zero-order chi connectivity index (χ0) is 36.6. The number of rotatable bonds is 9. The molecule has 1 atom stereocenters. The molecular formula is C38H29F5N4O4. The Bertz CT molecular complexity index is 2490. The first-order valence-corrected chi connectivity index (χ1v) is 15.7. The van der Waals surface area contributed by atoms with E-state index in [0.717, 1.165) is 12.1 Å². The van der Waals surface area contributed by atoms with Gasteiger partial charge in [-0.2, -0.15) is 0 Å². The van der Waals surface area contributed by atoms with Gasteiger partial charge < -0.3 is 20.6 Å². The van der Waals surface area contributed by atoms with Gasteiger partial charge in [0.25, 0.3) is 11.1 Å². The van der Waals surface area contributed by atoms with Gasteiger partial charge in [-0.3, -0.25) is 19.2 Å². The minimum Gasteiger partial charge on any atom is -0.352 e. The fraction of sp³-hybridized carbons (Fsp3) is 0.158. The minimum absolute atomic E-state index is 0.0238. The Morgan fingerprint density at radius 3 is 2.06 bits per heavy atom. The molecule has 0 saturated heterocycles. The molecule has 2 amide bonds. The maximum Gasteiger partial charge on any atom is 0.252 e. The van der Waals surface area contributed by atoms with Gasteiger partial charge in [-0.15, -0.1) is 0 Å². The fourth-order valence-electron chi connectivity index (χ4n) is 5.98. The van der Waals surface area contributed by atoms with Crippen LogP contribution < -0.4 is 21.8 Å². The third-order valence-corrected chi connectivity index (χ3v) is 8.71. The number of aryl methyl sites for hydroxylation is 1. The quantitative estimate of drug-likeness (QED) is 0.132. The summed E-state index contributed by atoms with van der Waals surface area (Å²) in [5.41, 5.74) is 1.17. The Kier molecular flexibility index (Phi) is 9.55. The summed E-state index contributed by atoms with van der Waals surface area (Å²) in [4.78, 5) is 56.7. The molecule has 4 N–H and O–H groups in total. The molecule has 0 bridgehead atoms. The molecule has 8 nitrogen and oxygen atoms in total. The van der Waals surface area contributed by atoms with Gasteiger partial charge >= 0.3 is 0 Å². The molecule has 0 spiro atoms. The molecule has 2 heterocycles. The summed E-state index contributed by atoms with van der Waals surface area (Å²) < 4.78 is 70.0. The monoisotopic (exact) mass is 700 g/mol. The highest BCUT2D eigenvalue weighted by Crippen LogP contribution is 2.29. The number of amides is 2. The van der Waals surface area contributed by atoms with Crippen LogP contribution in [0.2, 0.25) is 0 Å². The zero-order valence-electron chi connectivity index (χ0n) is 27.1. The smallest absolute Gasteiger partial charge is 0.252 e. The number of hydrogen-bond donors (Lipinski definition) is 4. The Morgan fingerprint density at radius 1 is 0.667 bits per heavy atom. The summed E-state index contributed by atoms with van der Waals surface area (Å²) in [5.74, 6) is -4.99. The first-order chi connectivity index (χ1) is 24.3. The van der Waals surface area contributed by atoms with Gasteiger partial charge in [0.2, 0.25) is 11.8 Å². The van der Waals surface area contributed by atoms with E-state index in [2.05, 4.69) is 20.6 Å². The highest BCUT2D eigenvalue weighted by atomic mass is 19.1. The van der Waals surface area contributed by atoms with Gasteiger partial charge in [-0.1, -0.05) is 24.3 Å². The average molecular weight is 701 g/mol. The number of hydrogen-bond acceptors (Lipinski definition) is 4. The second-order valence-electron chi connectivity index (χ2n) is 12.2. The number of H-pyrrole nitrogens is 2. The Morgan fingerprint density at radius 2 is 1.33 bits per heavy atom. The number of aromatic nitrogens is 2. The summed E-state index contributed by atoms with van der Waals surface area (Å²) in [6, 6.07) is 14.3. The van der Waals surface area contributed by atoms with E-state index in [-0.39, 0.29) is 46.1 Å². The maximum atomic E-state index is 15.5. The van der Waals surface area contributed by atoms with E-state index in [1.54, 1.807) is 31.2 Å². The fourth-order valence-corrected chi connectivity index (χ4v) is 5.98. The molecule has 0 aliphatic heterocycles. The van der Waals surface area contributed by atoms with E-state index in [0.29, 0.717) is 39.7 Å². The predicted molar refractivity (Wildman–Crippen MR) is 181 cm³/mol. The molecule has 0 aliphatic carbocycles. The lowest BCUT2D eigenvalue weighted by Gasteiger charge is -2.15. The van der Waals surface area contributed by atoms with Crippen LogP contribution in [-0.4, -0.2) is 21.8 Å². The molecule has 0 radical (unpaired) electrons. The molecule has 0 fully saturated rings. The number of nitrogens with one attached hydrogen (secondary N) is 4. The molecular weight excluding hydrogens is 671 g/mol. The summed E-state index contributed by atoms with van der Waals surface area (Å²) in [7, 11) is 0. The van der Waals surface area contributed by atoms with E-state index >= 15 is 4.39 Å². The number of benzene rings is 4. The number of carbonyl (C=O) groups is 2. The Balaban J connectivity index is 1.20. The van der Waals surface area contributed by atoms with E-state index in [1.165, 1.54) is 31.2 Å². The highest BCUT2D eigenvalue weighted by molar-refractivity contribution is 5.91. The van der Waals surface area contributed by atoms with Crippen LogP contribution in [0.15, 0.2) is 82.4 Å². The van der Waals surface area contributed by atoms with Gasteiger partial charge in [-0.05, 0) is 66.9 Å². The first-order valence-electron chi connectivity index (χ1n) is 15.7. The molecule has 6 aromatic rings. The van der Waals surface area contributed by atoms with Crippen molar-refractivity contribution in [1.82, 2.24) is 20.6 Å². The molecule has 0 unspecified atom stereocenters. The van der Waals surface area contributed by atoms with Crippen molar-refractivity contribution < 1.29 is 31.5 Å². The third-order valence-electron chi connectivity index (χ3n) is 8.71. The standard InChI is InChI=1S/C38H29F5N4O4/c1-18-26-7-4-20(11-33(26)47-38(51)28(18)16-35(48)44-17-21-3-5-24(39)14-30(21)41)22-10-31(42)29-9-23(37(50)46-34(29)12-22)13-36(49)45-19(2)27-8-6-25(40)15-32(27)43/h3-12,14-15,19H,13,16-17H2,1-2H3,(H,44,48)(H,45,49)(H,46,50)(H,47,51)/t19-/m0/s1. The topological polar surface area (TPSA) is 124 Å². The van der Waals surface area contributed by atoms with Crippen molar-refractivity contribution in [1.29, 1.82) is 0 Å². The number of aromatic amines is 2. The summed E-state index contributed by atoms with van der Waals surface area (Å²) >= 11 is 0. The summed E-state index contributed by atoms with van der Waals surface area (Å²) in [5, 5.41) is 5.77. The second-order valence-corrected chi connectivity index (χ2v) is 12.2. The molecule has 4 aromatic carbocycles. The molecule has 6 rings (SSSR count). The Labute approximate surface area is 286 Å². The molecule has 260 valence electrons. The summed E-state index contributed by atoms with van der Waals surface area (Å²) in [6.07, 6.45) is -0.714. The third kappa shape index (κ3) is 7.42. The van der Waals surface area contributed by atoms with Crippen molar-refractivity contribution in [2.75, 3.05) is 0 Å². The lowest BCUT2D eigenvalue weighted by molar-refractivity contribution is -0.121. The number of halogens is 5. The van der Waals surface area contributed by atoms with Crippen LogP contribution in [0.4, 0.5) is 22.0 Å². The van der Waals surface area contributed by atoms with E-state index in [4.69, 9.17) is 0 Å². The maximum absolute atomic E-state index is 15.5. The van der Waals surface area contributed by atoms with Crippen molar-refractivity contribution in [3.63, 3.8) is 0 Å². The van der Waals surface area contributed by atoms with Crippen LogP contribution in [-0.2, 0) is 29.0 Å². The number of fused-ring (bicyclic) bond motifs is 2. The van der Waals surface area contributed by atoms with Gasteiger partial charge in [0.15, 0.2) is 0 Å². The van der Waals surface area contributed by atoms with E-state index in [1.807, 2.05) is 0 Å². The molecule has 51 heavy (non-hydrogen) atoms. The van der Waals surface area contributed by atoms with Crippen LogP contribution in [0.25, 0.3) is 32.9 Å². The lowest BCUT2D eigenvalue weighted by atomic mass is 9.97. The largest absolute Gasteiger partial charge is 0.352 e. The first kappa shape index (κ1) is 34.7. The van der Waals surface area contributed by atoms with Crippen LogP contribution in [0.1, 0.15) is 40.8 Å². The van der Waals surface area contributed by atoms with Crippen LogP contribution >= 0.6 is 0 Å². The highest BCUT2D eigenvalue weighted by Gasteiger charge is 2.18.